The van der Waals surface area contributed by atoms with Crippen molar-refractivity contribution in [2.75, 3.05) is 0 Å². The van der Waals surface area contributed by atoms with E-state index in [1.165, 1.54) is 4.70 Å². The Morgan fingerprint density at radius 3 is 3.00 bits per heavy atom. The highest BCUT2D eigenvalue weighted by Gasteiger charge is 2.07. The molecule has 2 aromatic heterocycles. The molecule has 0 bridgehead atoms. The number of hydrogen-bond donors (Lipinski definition) is 2. The molecule has 12 heavy (non-hydrogen) atoms. The number of nitrogens with one attached hydrogen (secondary N) is 1. The summed E-state index contributed by atoms with van der Waals surface area (Å²) in [6.45, 7) is 0. The number of rotatable bonds is 1. The van der Waals surface area contributed by atoms with E-state index in [0.717, 1.165) is 11.2 Å². The molecule has 3 N–H and O–H groups in total. The van der Waals surface area contributed by atoms with Crippen LogP contribution in [-0.4, -0.2) is 10.4 Å². The molecular weight excluding hydrogens is 170 g/mol. The predicted octanol–water partition coefficient (Wildman–Crippen LogP) is 1.52. The van der Waals surface area contributed by atoms with Gasteiger partial charge < -0.3 is 10.3 Å². The van der Waals surface area contributed by atoms with Crippen molar-refractivity contribution in [3.63, 3.8) is 0 Å². The van der Waals surface area contributed by atoms with Crippen LogP contribution in [-0.2, 0) is 7.05 Å². The van der Waals surface area contributed by atoms with Crippen LogP contribution in [0.25, 0.3) is 10.2 Å². The maximum Gasteiger partial charge on any atom is 0.139 e. The molecule has 0 aliphatic rings. The van der Waals surface area contributed by atoms with Crippen LogP contribution in [0.15, 0.2) is 17.5 Å². The minimum absolute atomic E-state index is 0.126. The van der Waals surface area contributed by atoms with Crippen LogP contribution in [0.2, 0.25) is 0 Å². The number of aryl methyl sites for hydroxylation is 1. The number of nitrogens with zero attached hydrogens (tertiary/aromatic N) is 1. The zero-order valence-corrected chi connectivity index (χ0v) is 7.48. The Morgan fingerprint density at radius 2 is 2.42 bits per heavy atom. The van der Waals surface area contributed by atoms with E-state index in [4.69, 9.17) is 11.1 Å². The summed E-state index contributed by atoms with van der Waals surface area (Å²) in [5, 5.41) is 9.35. The van der Waals surface area contributed by atoms with Gasteiger partial charge in [-0.15, -0.1) is 11.3 Å². The van der Waals surface area contributed by atoms with Crippen LogP contribution in [0.3, 0.4) is 0 Å². The molecule has 0 fully saturated rings. The van der Waals surface area contributed by atoms with E-state index in [-0.39, 0.29) is 5.84 Å². The molecule has 2 heterocycles. The summed E-state index contributed by atoms with van der Waals surface area (Å²) in [4.78, 5) is 0. The summed E-state index contributed by atoms with van der Waals surface area (Å²) in [5.41, 5.74) is 7.34. The predicted molar refractivity (Wildman–Crippen MR) is 51.8 cm³/mol. The Morgan fingerprint density at radius 1 is 1.67 bits per heavy atom. The van der Waals surface area contributed by atoms with Gasteiger partial charge in [0.05, 0.1) is 15.9 Å². The number of nitrogens with two attached hydrogens (primary N) is 1. The molecule has 2 aromatic rings. The van der Waals surface area contributed by atoms with Crippen molar-refractivity contribution in [3.05, 3.63) is 23.2 Å². The Hall–Kier alpha value is -1.29. The Kier molecular flexibility index (Phi) is 1.44. The monoisotopic (exact) mass is 179 g/mol. The second-order valence-electron chi connectivity index (χ2n) is 2.67. The Bertz CT molecular complexity index is 438. The van der Waals surface area contributed by atoms with E-state index in [1.54, 1.807) is 11.3 Å². The summed E-state index contributed by atoms with van der Waals surface area (Å²) in [6, 6.07) is 3.98. The van der Waals surface area contributed by atoms with Gasteiger partial charge in [-0.2, -0.15) is 0 Å². The van der Waals surface area contributed by atoms with E-state index >= 15 is 0 Å². The van der Waals surface area contributed by atoms with Gasteiger partial charge in [-0.3, -0.25) is 5.41 Å². The first-order chi connectivity index (χ1) is 5.70. The average molecular weight is 179 g/mol. The number of hydrogen-bond acceptors (Lipinski definition) is 2. The molecule has 0 amide bonds. The highest BCUT2D eigenvalue weighted by atomic mass is 32.1. The molecule has 0 aliphatic carbocycles. The molecule has 0 aliphatic heterocycles. The number of aromatic nitrogens is 1. The van der Waals surface area contributed by atoms with Crippen LogP contribution < -0.4 is 5.73 Å². The molecule has 0 atom stereocenters. The molecule has 4 heteroatoms. The van der Waals surface area contributed by atoms with E-state index in [2.05, 4.69) is 0 Å². The highest BCUT2D eigenvalue weighted by molar-refractivity contribution is 7.17. The van der Waals surface area contributed by atoms with Crippen molar-refractivity contribution in [2.24, 2.45) is 12.8 Å². The lowest BCUT2D eigenvalue weighted by atomic mass is 10.4. The summed E-state index contributed by atoms with van der Waals surface area (Å²) in [7, 11) is 1.92. The van der Waals surface area contributed by atoms with Crippen LogP contribution >= 0.6 is 11.3 Å². The summed E-state index contributed by atoms with van der Waals surface area (Å²) < 4.78 is 3.12. The minimum atomic E-state index is 0.126. The van der Waals surface area contributed by atoms with Gasteiger partial charge in [-0.25, -0.2) is 0 Å². The van der Waals surface area contributed by atoms with Gasteiger partial charge in [0, 0.05) is 7.05 Å². The van der Waals surface area contributed by atoms with Crippen molar-refractivity contribution in [2.45, 2.75) is 0 Å². The maximum atomic E-state index is 7.31. The fraction of sp³-hybridized carbons (Fsp3) is 0.125. The summed E-state index contributed by atoms with van der Waals surface area (Å²) in [5.74, 6) is 0.126. The topological polar surface area (TPSA) is 54.8 Å². The zero-order chi connectivity index (χ0) is 8.72. The first-order valence-corrected chi connectivity index (χ1v) is 4.45. The summed E-state index contributed by atoms with van der Waals surface area (Å²) in [6.07, 6.45) is 0. The van der Waals surface area contributed by atoms with Crippen molar-refractivity contribution in [3.8, 4) is 0 Å². The second-order valence-corrected chi connectivity index (χ2v) is 3.62. The van der Waals surface area contributed by atoms with E-state index < -0.39 is 0 Å². The van der Waals surface area contributed by atoms with E-state index in [1.807, 2.05) is 29.1 Å². The van der Waals surface area contributed by atoms with Gasteiger partial charge in [0.25, 0.3) is 0 Å². The third kappa shape index (κ3) is 0.848. The molecule has 0 unspecified atom stereocenters. The first kappa shape index (κ1) is 7.36. The molecule has 0 saturated heterocycles. The smallest absolute Gasteiger partial charge is 0.139 e. The minimum Gasteiger partial charge on any atom is -0.382 e. The molecule has 0 saturated carbocycles. The fourth-order valence-electron chi connectivity index (χ4n) is 1.31. The van der Waals surface area contributed by atoms with Gasteiger partial charge >= 0.3 is 0 Å². The standard InChI is InChI=1S/C8H9N3S/c1-11-5-2-3-12-7(5)4-6(11)8(9)10/h2-4H,1H3,(H3,9,10). The molecule has 62 valence electrons. The van der Waals surface area contributed by atoms with Gasteiger partial charge in [-0.05, 0) is 17.5 Å². The third-order valence-corrected chi connectivity index (χ3v) is 2.79. The van der Waals surface area contributed by atoms with Crippen LogP contribution in [0.1, 0.15) is 5.69 Å². The van der Waals surface area contributed by atoms with Crippen LogP contribution in [0, 0.1) is 5.41 Å². The number of amidine groups is 1. The number of fused-ring (bicyclic) bond motifs is 1. The molecule has 0 radical (unpaired) electrons. The molecular formula is C8H9N3S. The molecule has 2 rings (SSSR count). The van der Waals surface area contributed by atoms with Crippen LogP contribution in [0.4, 0.5) is 0 Å². The van der Waals surface area contributed by atoms with Gasteiger partial charge in [-0.1, -0.05) is 0 Å². The van der Waals surface area contributed by atoms with E-state index in [9.17, 15) is 0 Å². The maximum absolute atomic E-state index is 7.31. The Balaban J connectivity index is 2.78. The van der Waals surface area contributed by atoms with Crippen molar-refractivity contribution in [1.29, 1.82) is 5.41 Å². The quantitative estimate of drug-likeness (QED) is 0.506. The number of thiophene rings is 1. The lowest BCUT2D eigenvalue weighted by Crippen LogP contribution is -2.14. The van der Waals surface area contributed by atoms with Crippen molar-refractivity contribution >= 4 is 27.4 Å². The summed E-state index contributed by atoms with van der Waals surface area (Å²) >= 11 is 1.67. The van der Waals surface area contributed by atoms with Gasteiger partial charge in [0.1, 0.15) is 5.84 Å². The van der Waals surface area contributed by atoms with Crippen molar-refractivity contribution in [1.82, 2.24) is 4.57 Å². The number of nitrogen functional groups attached to an aromatic ring is 1. The normalized spacial score (nSPS) is 10.8. The first-order valence-electron chi connectivity index (χ1n) is 3.57. The van der Waals surface area contributed by atoms with Crippen LogP contribution in [0.5, 0.6) is 0 Å². The zero-order valence-electron chi connectivity index (χ0n) is 6.66. The van der Waals surface area contributed by atoms with Crippen molar-refractivity contribution < 1.29 is 0 Å². The Labute approximate surface area is 73.9 Å². The molecule has 0 aromatic carbocycles. The average Bonchev–Trinajstić information content (AvgIpc) is 2.53. The second kappa shape index (κ2) is 2.35. The van der Waals surface area contributed by atoms with E-state index in [0.29, 0.717) is 0 Å². The highest BCUT2D eigenvalue weighted by Crippen LogP contribution is 2.23. The lowest BCUT2D eigenvalue weighted by Gasteiger charge is -1.99. The van der Waals surface area contributed by atoms with Gasteiger partial charge in [0.2, 0.25) is 0 Å². The SMILES string of the molecule is Cn1c(C(=N)N)cc2sccc21. The molecule has 0 spiro atoms. The third-order valence-electron chi connectivity index (χ3n) is 1.94. The fourth-order valence-corrected chi connectivity index (χ4v) is 2.16. The largest absolute Gasteiger partial charge is 0.382 e. The molecule has 3 nitrogen and oxygen atoms in total. The van der Waals surface area contributed by atoms with Gasteiger partial charge in [0.15, 0.2) is 0 Å². The lowest BCUT2D eigenvalue weighted by molar-refractivity contribution is 0.950.